The van der Waals surface area contributed by atoms with Gasteiger partial charge in [-0.1, -0.05) is 140 Å². The van der Waals surface area contributed by atoms with Crippen molar-refractivity contribution in [3.8, 4) is 51.0 Å². The summed E-state index contributed by atoms with van der Waals surface area (Å²) >= 11 is 0. The Morgan fingerprint density at radius 1 is 0.319 bits per heavy atom. The molecule has 2 aromatic heterocycles. The molecule has 220 valence electrons. The molecule has 7 aromatic carbocycles. The first-order chi connectivity index (χ1) is 23.3. The van der Waals surface area contributed by atoms with E-state index in [1.54, 1.807) is 0 Å². The summed E-state index contributed by atoms with van der Waals surface area (Å²) in [5.74, 6) is 1.92. The summed E-state index contributed by atoms with van der Waals surface area (Å²) in [4.78, 5) is 15.3. The molecule has 47 heavy (non-hydrogen) atoms. The molecule has 0 N–H and O–H groups in total. The van der Waals surface area contributed by atoms with E-state index in [0.29, 0.717) is 17.5 Å². The van der Waals surface area contributed by atoms with Crippen LogP contribution in [0.2, 0.25) is 0 Å². The summed E-state index contributed by atoms with van der Waals surface area (Å²) in [7, 11) is 0. The van der Waals surface area contributed by atoms with E-state index in [0.717, 1.165) is 44.2 Å². The fourth-order valence-corrected chi connectivity index (χ4v) is 6.69. The molecule has 0 fully saturated rings. The van der Waals surface area contributed by atoms with Crippen LogP contribution in [0.4, 0.5) is 0 Å². The first-order valence-corrected chi connectivity index (χ1v) is 15.8. The van der Waals surface area contributed by atoms with Gasteiger partial charge < -0.3 is 4.57 Å². The number of benzene rings is 7. The molecule has 0 aliphatic carbocycles. The summed E-state index contributed by atoms with van der Waals surface area (Å²) in [5, 5.41) is 4.72. The van der Waals surface area contributed by atoms with Gasteiger partial charge in [0.25, 0.3) is 0 Å². The summed E-state index contributed by atoms with van der Waals surface area (Å²) in [6.45, 7) is 0. The molecule has 0 unspecified atom stereocenters. The average molecular weight is 601 g/mol. The SMILES string of the molecule is c1ccc(-c2nc(-c3cccc(-n4c5ccccc5c5ccccc54)c3)nc(-c3ccc(-c4ccccc4)c4ccccc34)n2)cc1. The zero-order valence-corrected chi connectivity index (χ0v) is 25.5. The summed E-state index contributed by atoms with van der Waals surface area (Å²) in [6, 6.07) is 59.1. The van der Waals surface area contributed by atoms with Gasteiger partial charge in [0.2, 0.25) is 0 Å². The van der Waals surface area contributed by atoms with E-state index in [-0.39, 0.29) is 0 Å². The maximum Gasteiger partial charge on any atom is 0.164 e. The van der Waals surface area contributed by atoms with Crippen LogP contribution in [-0.4, -0.2) is 19.5 Å². The molecule has 9 aromatic rings. The molecule has 0 saturated heterocycles. The third-order valence-corrected chi connectivity index (χ3v) is 8.86. The van der Waals surface area contributed by atoms with Crippen molar-refractivity contribution in [3.05, 3.63) is 170 Å². The van der Waals surface area contributed by atoms with Crippen LogP contribution in [0.3, 0.4) is 0 Å². The van der Waals surface area contributed by atoms with Gasteiger partial charge in [-0.3, -0.25) is 0 Å². The first-order valence-electron chi connectivity index (χ1n) is 15.8. The van der Waals surface area contributed by atoms with Gasteiger partial charge in [-0.15, -0.1) is 0 Å². The van der Waals surface area contributed by atoms with Gasteiger partial charge in [0, 0.05) is 33.2 Å². The maximum absolute atomic E-state index is 5.17. The van der Waals surface area contributed by atoms with Crippen molar-refractivity contribution in [3.63, 3.8) is 0 Å². The summed E-state index contributed by atoms with van der Waals surface area (Å²) in [5.41, 5.74) is 8.59. The number of hydrogen-bond acceptors (Lipinski definition) is 3. The highest BCUT2D eigenvalue weighted by Gasteiger charge is 2.17. The van der Waals surface area contributed by atoms with Crippen LogP contribution in [0.15, 0.2) is 170 Å². The van der Waals surface area contributed by atoms with Crippen molar-refractivity contribution >= 4 is 32.6 Å². The summed E-state index contributed by atoms with van der Waals surface area (Å²) < 4.78 is 2.32. The molecule has 0 amide bonds. The lowest BCUT2D eigenvalue weighted by Crippen LogP contribution is -2.01. The number of para-hydroxylation sites is 2. The van der Waals surface area contributed by atoms with Crippen LogP contribution >= 0.6 is 0 Å². The zero-order chi connectivity index (χ0) is 31.2. The van der Waals surface area contributed by atoms with E-state index < -0.39 is 0 Å². The number of fused-ring (bicyclic) bond motifs is 4. The molecule has 9 rings (SSSR count). The van der Waals surface area contributed by atoms with E-state index in [1.807, 2.05) is 36.4 Å². The minimum Gasteiger partial charge on any atom is -0.309 e. The maximum atomic E-state index is 5.17. The Labute approximate surface area is 272 Å². The van der Waals surface area contributed by atoms with Gasteiger partial charge >= 0.3 is 0 Å². The zero-order valence-electron chi connectivity index (χ0n) is 25.5. The Morgan fingerprint density at radius 3 is 1.45 bits per heavy atom. The Balaban J connectivity index is 1.25. The van der Waals surface area contributed by atoms with Gasteiger partial charge in [0.15, 0.2) is 17.5 Å². The standard InChI is InChI=1S/C43H28N4/c1-3-14-29(15-4-1)33-26-27-38(35-21-8-7-20-34(33)35)43-45-41(30-16-5-2-6-17-30)44-42(46-43)31-18-13-19-32(28-31)47-39-24-11-9-22-36(39)37-23-10-12-25-40(37)47/h1-28H. The summed E-state index contributed by atoms with van der Waals surface area (Å²) in [6.07, 6.45) is 0. The van der Waals surface area contributed by atoms with E-state index in [1.165, 1.54) is 21.9 Å². The van der Waals surface area contributed by atoms with Crippen LogP contribution in [0.1, 0.15) is 0 Å². The van der Waals surface area contributed by atoms with Crippen molar-refractivity contribution in [1.29, 1.82) is 0 Å². The van der Waals surface area contributed by atoms with Crippen LogP contribution < -0.4 is 0 Å². The highest BCUT2D eigenvalue weighted by atomic mass is 15.0. The number of nitrogens with zero attached hydrogens (tertiary/aromatic N) is 4. The minimum absolute atomic E-state index is 0.632. The number of aromatic nitrogens is 4. The molecule has 2 heterocycles. The lowest BCUT2D eigenvalue weighted by Gasteiger charge is -2.14. The van der Waals surface area contributed by atoms with Crippen molar-refractivity contribution in [2.45, 2.75) is 0 Å². The van der Waals surface area contributed by atoms with Gasteiger partial charge in [0.1, 0.15) is 0 Å². The van der Waals surface area contributed by atoms with Crippen molar-refractivity contribution < 1.29 is 0 Å². The molecule has 0 aliphatic heterocycles. The van der Waals surface area contributed by atoms with Gasteiger partial charge in [-0.05, 0) is 52.2 Å². The van der Waals surface area contributed by atoms with Crippen molar-refractivity contribution in [1.82, 2.24) is 19.5 Å². The minimum atomic E-state index is 0.632. The third kappa shape index (κ3) is 4.66. The first kappa shape index (κ1) is 27.0. The fraction of sp³-hybridized carbons (Fsp3) is 0. The highest BCUT2D eigenvalue weighted by molar-refractivity contribution is 6.09. The van der Waals surface area contributed by atoms with Crippen LogP contribution in [-0.2, 0) is 0 Å². The third-order valence-electron chi connectivity index (χ3n) is 8.86. The molecule has 0 atom stereocenters. The lowest BCUT2D eigenvalue weighted by atomic mass is 9.95. The smallest absolute Gasteiger partial charge is 0.164 e. The van der Waals surface area contributed by atoms with E-state index >= 15 is 0 Å². The normalized spacial score (nSPS) is 11.4. The molecule has 0 saturated carbocycles. The fourth-order valence-electron chi connectivity index (χ4n) is 6.69. The van der Waals surface area contributed by atoms with Gasteiger partial charge in [-0.25, -0.2) is 15.0 Å². The molecular formula is C43H28N4. The second-order valence-corrected chi connectivity index (χ2v) is 11.7. The molecule has 0 spiro atoms. The van der Waals surface area contributed by atoms with Crippen LogP contribution in [0, 0.1) is 0 Å². The Kier molecular flexibility index (Phi) is 6.43. The predicted molar refractivity (Wildman–Crippen MR) is 193 cm³/mol. The number of hydrogen-bond donors (Lipinski definition) is 0. The average Bonchev–Trinajstić information content (AvgIpc) is 3.49. The molecule has 0 aliphatic rings. The molecule has 4 heteroatoms. The van der Waals surface area contributed by atoms with Crippen LogP contribution in [0.5, 0.6) is 0 Å². The topological polar surface area (TPSA) is 43.6 Å². The monoisotopic (exact) mass is 600 g/mol. The largest absolute Gasteiger partial charge is 0.309 e. The highest BCUT2D eigenvalue weighted by Crippen LogP contribution is 2.37. The Hall–Kier alpha value is -6.39. The Bertz CT molecular complexity index is 2520. The quantitative estimate of drug-likeness (QED) is 0.197. The molecule has 4 nitrogen and oxygen atoms in total. The molecule has 0 radical (unpaired) electrons. The lowest BCUT2D eigenvalue weighted by molar-refractivity contribution is 1.07. The van der Waals surface area contributed by atoms with Crippen molar-refractivity contribution in [2.24, 2.45) is 0 Å². The van der Waals surface area contributed by atoms with Gasteiger partial charge in [0.05, 0.1) is 11.0 Å². The van der Waals surface area contributed by atoms with Crippen LogP contribution in [0.25, 0.3) is 83.6 Å². The second-order valence-electron chi connectivity index (χ2n) is 11.7. The van der Waals surface area contributed by atoms with E-state index in [2.05, 4.69) is 138 Å². The second kappa shape index (κ2) is 11.2. The molecule has 0 bridgehead atoms. The van der Waals surface area contributed by atoms with E-state index in [9.17, 15) is 0 Å². The Morgan fingerprint density at radius 2 is 0.787 bits per heavy atom. The number of rotatable bonds is 5. The van der Waals surface area contributed by atoms with Gasteiger partial charge in [-0.2, -0.15) is 0 Å². The van der Waals surface area contributed by atoms with Crippen molar-refractivity contribution in [2.75, 3.05) is 0 Å². The molecular weight excluding hydrogens is 573 g/mol. The predicted octanol–water partition coefficient (Wildman–Crippen LogP) is 10.8. The van der Waals surface area contributed by atoms with E-state index in [4.69, 9.17) is 15.0 Å².